The fraction of sp³-hybridized carbons (Fsp3) is 0.353. The van der Waals surface area contributed by atoms with Gasteiger partial charge in [-0.05, 0) is 11.6 Å². The number of piperazine rings is 1. The van der Waals surface area contributed by atoms with Gasteiger partial charge in [-0.25, -0.2) is 13.4 Å². The predicted octanol–water partition coefficient (Wildman–Crippen LogP) is 1.74. The minimum Gasteiger partial charge on any atom is -0.497 e. The van der Waals surface area contributed by atoms with Crippen molar-refractivity contribution < 1.29 is 13.2 Å². The highest BCUT2D eigenvalue weighted by Gasteiger charge is 2.27. The molecule has 3 rings (SSSR count). The van der Waals surface area contributed by atoms with Crippen molar-refractivity contribution in [2.45, 2.75) is 5.75 Å². The van der Waals surface area contributed by atoms with Crippen LogP contribution in [0.5, 0.6) is 5.75 Å². The number of benzene rings is 1. The molecule has 0 radical (unpaired) electrons. The summed E-state index contributed by atoms with van der Waals surface area (Å²) < 4.78 is 31.9. The lowest BCUT2D eigenvalue weighted by molar-refractivity contribution is 0.382. The maximum Gasteiger partial charge on any atom is 0.218 e. The third kappa shape index (κ3) is 3.85. The number of rotatable bonds is 5. The normalized spacial score (nSPS) is 16.1. The third-order valence-electron chi connectivity index (χ3n) is 4.10. The molecule has 1 aromatic heterocycles. The summed E-state index contributed by atoms with van der Waals surface area (Å²) in [6.07, 6.45) is 1.70. The summed E-state index contributed by atoms with van der Waals surface area (Å²) in [5.74, 6) is 1.61. The van der Waals surface area contributed by atoms with Gasteiger partial charge in [0.2, 0.25) is 10.0 Å². The van der Waals surface area contributed by atoms with Gasteiger partial charge in [-0.3, -0.25) is 0 Å². The van der Waals surface area contributed by atoms with E-state index in [-0.39, 0.29) is 5.75 Å². The van der Waals surface area contributed by atoms with Gasteiger partial charge in [0.05, 0.1) is 12.9 Å². The van der Waals surface area contributed by atoms with E-state index < -0.39 is 10.0 Å². The average Bonchev–Trinajstić information content (AvgIpc) is 2.62. The van der Waals surface area contributed by atoms with Crippen molar-refractivity contribution in [1.29, 1.82) is 0 Å². The second kappa shape index (κ2) is 7.19. The van der Waals surface area contributed by atoms with Gasteiger partial charge >= 0.3 is 0 Å². The molecular weight excluding hydrogens is 326 g/mol. The first kappa shape index (κ1) is 16.7. The van der Waals surface area contributed by atoms with Crippen molar-refractivity contribution in [3.05, 3.63) is 54.2 Å². The van der Waals surface area contributed by atoms with Crippen molar-refractivity contribution in [3.8, 4) is 5.75 Å². The standard InChI is InChI=1S/C17H21N3O3S/c1-23-16-7-8-18-17(13-16)19-9-11-20(12-10-19)24(21,22)14-15-5-3-2-4-6-15/h2-8,13H,9-12,14H2,1H3. The summed E-state index contributed by atoms with van der Waals surface area (Å²) in [6, 6.07) is 12.9. The van der Waals surface area contributed by atoms with Gasteiger partial charge in [-0.15, -0.1) is 0 Å². The van der Waals surface area contributed by atoms with Crippen molar-refractivity contribution >= 4 is 15.8 Å². The van der Waals surface area contributed by atoms with Crippen LogP contribution in [0, 0.1) is 0 Å². The molecule has 1 saturated heterocycles. The van der Waals surface area contributed by atoms with Crippen molar-refractivity contribution in [2.24, 2.45) is 0 Å². The number of sulfonamides is 1. The first-order valence-electron chi connectivity index (χ1n) is 7.85. The summed E-state index contributed by atoms with van der Waals surface area (Å²) in [5, 5.41) is 0. The van der Waals surface area contributed by atoms with E-state index in [0.29, 0.717) is 26.2 Å². The van der Waals surface area contributed by atoms with Crippen molar-refractivity contribution in [3.63, 3.8) is 0 Å². The molecule has 0 bridgehead atoms. The van der Waals surface area contributed by atoms with Crippen molar-refractivity contribution in [2.75, 3.05) is 38.2 Å². The molecule has 2 aromatic rings. The Balaban J connectivity index is 1.64. The summed E-state index contributed by atoms with van der Waals surface area (Å²) in [5.41, 5.74) is 0.814. The number of anilines is 1. The highest BCUT2D eigenvalue weighted by atomic mass is 32.2. The van der Waals surface area contributed by atoms with E-state index in [1.807, 2.05) is 36.4 Å². The Morgan fingerprint density at radius 2 is 1.79 bits per heavy atom. The third-order valence-corrected chi connectivity index (χ3v) is 5.95. The van der Waals surface area contributed by atoms with Gasteiger partial charge in [-0.1, -0.05) is 30.3 Å². The quantitative estimate of drug-likeness (QED) is 0.824. The minimum atomic E-state index is -3.29. The highest BCUT2D eigenvalue weighted by Crippen LogP contribution is 2.21. The van der Waals surface area contributed by atoms with Gasteiger partial charge in [0, 0.05) is 38.4 Å². The van der Waals surface area contributed by atoms with Crippen LogP contribution in [0.2, 0.25) is 0 Å². The summed E-state index contributed by atoms with van der Waals surface area (Å²) in [7, 11) is -1.67. The average molecular weight is 347 g/mol. The number of aromatic nitrogens is 1. The van der Waals surface area contributed by atoms with Crippen LogP contribution in [0.3, 0.4) is 0 Å². The van der Waals surface area contributed by atoms with Crippen LogP contribution in [0.4, 0.5) is 5.82 Å². The first-order valence-corrected chi connectivity index (χ1v) is 9.46. The lowest BCUT2D eigenvalue weighted by atomic mass is 10.2. The Morgan fingerprint density at radius 1 is 1.08 bits per heavy atom. The summed E-state index contributed by atoms with van der Waals surface area (Å²) in [4.78, 5) is 6.42. The molecule has 1 aliphatic rings. The van der Waals surface area contributed by atoms with E-state index in [1.165, 1.54) is 0 Å². The predicted molar refractivity (Wildman–Crippen MR) is 93.6 cm³/mol. The Morgan fingerprint density at radius 3 is 2.46 bits per heavy atom. The van der Waals surface area contributed by atoms with Gasteiger partial charge in [-0.2, -0.15) is 4.31 Å². The zero-order valence-corrected chi connectivity index (χ0v) is 14.4. The van der Waals surface area contributed by atoms with Gasteiger partial charge in [0.1, 0.15) is 11.6 Å². The Bertz CT molecular complexity index is 773. The minimum absolute atomic E-state index is 0.0469. The fourth-order valence-corrected chi connectivity index (χ4v) is 4.29. The Kier molecular flexibility index (Phi) is 5.01. The molecule has 6 nitrogen and oxygen atoms in total. The Hall–Kier alpha value is -2.12. The van der Waals surface area contributed by atoms with E-state index in [2.05, 4.69) is 9.88 Å². The summed E-state index contributed by atoms with van der Waals surface area (Å²) >= 11 is 0. The lowest BCUT2D eigenvalue weighted by Crippen LogP contribution is -2.49. The molecule has 0 aliphatic carbocycles. The van der Waals surface area contributed by atoms with E-state index in [0.717, 1.165) is 17.1 Å². The summed E-state index contributed by atoms with van der Waals surface area (Å²) in [6.45, 7) is 2.17. The number of hydrogen-bond donors (Lipinski definition) is 0. The van der Waals surface area contributed by atoms with Crippen LogP contribution in [0.15, 0.2) is 48.7 Å². The Labute approximate surface area is 142 Å². The maximum atomic E-state index is 12.6. The van der Waals surface area contributed by atoms with Crippen LogP contribution < -0.4 is 9.64 Å². The molecule has 0 saturated carbocycles. The molecule has 1 aliphatic heterocycles. The SMILES string of the molecule is COc1ccnc(N2CCN(S(=O)(=O)Cc3ccccc3)CC2)c1. The molecule has 1 aromatic carbocycles. The van der Waals surface area contributed by atoms with Gasteiger partial charge in [0.15, 0.2) is 0 Å². The molecule has 24 heavy (non-hydrogen) atoms. The zero-order valence-electron chi connectivity index (χ0n) is 13.6. The molecule has 0 amide bonds. The number of hydrogen-bond acceptors (Lipinski definition) is 5. The van der Waals surface area contributed by atoms with Crippen LogP contribution in [-0.2, 0) is 15.8 Å². The fourth-order valence-electron chi connectivity index (χ4n) is 2.77. The molecular formula is C17H21N3O3S. The molecule has 0 atom stereocenters. The van der Waals surface area contributed by atoms with Gasteiger partial charge in [0.25, 0.3) is 0 Å². The van der Waals surface area contributed by atoms with E-state index in [1.54, 1.807) is 23.7 Å². The van der Waals surface area contributed by atoms with Gasteiger partial charge < -0.3 is 9.64 Å². The molecule has 1 fully saturated rings. The number of ether oxygens (including phenoxy) is 1. The molecule has 2 heterocycles. The maximum absolute atomic E-state index is 12.6. The number of pyridine rings is 1. The van der Waals surface area contributed by atoms with Crippen LogP contribution >= 0.6 is 0 Å². The number of methoxy groups -OCH3 is 1. The molecule has 7 heteroatoms. The molecule has 0 N–H and O–H groups in total. The van der Waals surface area contributed by atoms with Crippen LogP contribution in [0.25, 0.3) is 0 Å². The van der Waals surface area contributed by atoms with E-state index >= 15 is 0 Å². The molecule has 0 spiro atoms. The van der Waals surface area contributed by atoms with E-state index in [4.69, 9.17) is 4.74 Å². The number of nitrogens with zero attached hydrogens (tertiary/aromatic N) is 3. The zero-order chi connectivity index (χ0) is 17.0. The lowest BCUT2D eigenvalue weighted by Gasteiger charge is -2.34. The van der Waals surface area contributed by atoms with Crippen LogP contribution in [0.1, 0.15) is 5.56 Å². The second-order valence-electron chi connectivity index (χ2n) is 5.68. The topological polar surface area (TPSA) is 62.7 Å². The highest BCUT2D eigenvalue weighted by molar-refractivity contribution is 7.88. The first-order chi connectivity index (χ1) is 11.6. The smallest absolute Gasteiger partial charge is 0.218 e. The van der Waals surface area contributed by atoms with Crippen molar-refractivity contribution in [1.82, 2.24) is 9.29 Å². The van der Waals surface area contributed by atoms with Crippen LogP contribution in [-0.4, -0.2) is 51.0 Å². The van der Waals surface area contributed by atoms with E-state index in [9.17, 15) is 8.42 Å². The molecule has 0 unspecified atom stereocenters. The molecule has 128 valence electrons. The largest absolute Gasteiger partial charge is 0.497 e. The second-order valence-corrected chi connectivity index (χ2v) is 7.65. The monoisotopic (exact) mass is 347 g/mol.